The van der Waals surface area contributed by atoms with E-state index in [2.05, 4.69) is 23.7 Å². The molecule has 0 saturated carbocycles. The van der Waals surface area contributed by atoms with Crippen LogP contribution < -0.4 is 0 Å². The van der Waals surface area contributed by atoms with Crippen molar-refractivity contribution in [1.82, 2.24) is 0 Å². The number of hydrogen-bond acceptors (Lipinski definition) is 4. The van der Waals surface area contributed by atoms with Crippen molar-refractivity contribution in [1.29, 1.82) is 0 Å². The Morgan fingerprint density at radius 1 is 1.32 bits per heavy atom. The lowest BCUT2D eigenvalue weighted by atomic mass is 10.1. The minimum Gasteiger partial charge on any atom is -0.466 e. The van der Waals surface area contributed by atoms with E-state index in [-0.39, 0.29) is 5.97 Å². The van der Waals surface area contributed by atoms with Crippen molar-refractivity contribution in [2.75, 3.05) is 6.61 Å². The maximum Gasteiger partial charge on any atom is 0.305 e. The molecule has 0 aliphatic rings. The third-order valence-electron chi connectivity index (χ3n) is 2.53. The summed E-state index contributed by atoms with van der Waals surface area (Å²) in [6, 6.07) is 0. The Kier molecular flexibility index (Phi) is 12.7. The van der Waals surface area contributed by atoms with Gasteiger partial charge in [-0.05, 0) is 32.8 Å². The lowest BCUT2D eigenvalue weighted by Crippen LogP contribution is -2.07. The molecule has 0 amide bonds. The second-order valence-electron chi connectivity index (χ2n) is 4.44. The van der Waals surface area contributed by atoms with E-state index in [0.717, 1.165) is 0 Å². The number of rotatable bonds is 8. The standard InChI is InChI=1S/C18H24O4/c1-3-5-11-16(19)12-8-6-7-9-13-17(20)14-10-15-18(21)22-4-2/h6-8,12,16-17,19-20H,4,10-11,14-15H2,1-2H3. The van der Waals surface area contributed by atoms with Crippen molar-refractivity contribution >= 4 is 5.97 Å². The Balaban J connectivity index is 3.92. The van der Waals surface area contributed by atoms with Gasteiger partial charge in [-0.2, -0.15) is 0 Å². The maximum absolute atomic E-state index is 11.1. The fourth-order valence-electron chi connectivity index (χ4n) is 1.46. The monoisotopic (exact) mass is 304 g/mol. The highest BCUT2D eigenvalue weighted by Gasteiger charge is 2.04. The first-order valence-electron chi connectivity index (χ1n) is 7.35. The molecule has 120 valence electrons. The highest BCUT2D eigenvalue weighted by atomic mass is 16.5. The lowest BCUT2D eigenvalue weighted by Gasteiger charge is -2.03. The van der Waals surface area contributed by atoms with E-state index < -0.39 is 12.2 Å². The number of allylic oxidation sites excluding steroid dienone is 3. The minimum atomic E-state index is -0.756. The van der Waals surface area contributed by atoms with Crippen molar-refractivity contribution in [3.63, 3.8) is 0 Å². The van der Waals surface area contributed by atoms with E-state index in [1.807, 2.05) is 0 Å². The summed E-state index contributed by atoms with van der Waals surface area (Å²) >= 11 is 0. The molecule has 0 rings (SSSR count). The van der Waals surface area contributed by atoms with E-state index in [0.29, 0.717) is 32.3 Å². The minimum absolute atomic E-state index is 0.251. The molecule has 0 aromatic heterocycles. The predicted molar refractivity (Wildman–Crippen MR) is 86.6 cm³/mol. The number of ether oxygens (including phenoxy) is 1. The largest absolute Gasteiger partial charge is 0.466 e. The van der Waals surface area contributed by atoms with Crippen LogP contribution in [0.15, 0.2) is 24.3 Å². The first-order chi connectivity index (χ1) is 10.6. The fraction of sp³-hybridized carbons (Fsp3) is 0.500. The van der Waals surface area contributed by atoms with E-state index in [1.165, 1.54) is 0 Å². The smallest absolute Gasteiger partial charge is 0.305 e. The lowest BCUT2D eigenvalue weighted by molar-refractivity contribution is -0.143. The first-order valence-corrected chi connectivity index (χ1v) is 7.35. The van der Waals surface area contributed by atoms with Crippen LogP contribution in [-0.2, 0) is 9.53 Å². The summed E-state index contributed by atoms with van der Waals surface area (Å²) in [6.45, 7) is 3.86. The van der Waals surface area contributed by atoms with Crippen LogP contribution in [0.25, 0.3) is 0 Å². The van der Waals surface area contributed by atoms with Gasteiger partial charge in [-0.15, -0.1) is 11.8 Å². The van der Waals surface area contributed by atoms with Crippen LogP contribution in [-0.4, -0.2) is 35.0 Å². The van der Waals surface area contributed by atoms with Gasteiger partial charge < -0.3 is 14.9 Å². The van der Waals surface area contributed by atoms with Crippen molar-refractivity contribution in [3.8, 4) is 23.7 Å². The molecule has 0 fully saturated rings. The molecule has 0 spiro atoms. The Morgan fingerprint density at radius 2 is 2.09 bits per heavy atom. The van der Waals surface area contributed by atoms with Gasteiger partial charge in [0.05, 0.1) is 12.7 Å². The van der Waals surface area contributed by atoms with E-state index >= 15 is 0 Å². The van der Waals surface area contributed by atoms with Crippen molar-refractivity contribution in [2.24, 2.45) is 0 Å². The summed E-state index contributed by atoms with van der Waals surface area (Å²) < 4.78 is 4.79. The zero-order chi connectivity index (χ0) is 16.6. The van der Waals surface area contributed by atoms with Crippen LogP contribution in [0.1, 0.15) is 39.5 Å². The van der Waals surface area contributed by atoms with Crippen LogP contribution in [0, 0.1) is 23.7 Å². The molecule has 2 atom stereocenters. The zero-order valence-corrected chi connectivity index (χ0v) is 13.2. The molecule has 0 heterocycles. The third-order valence-corrected chi connectivity index (χ3v) is 2.53. The molecular weight excluding hydrogens is 280 g/mol. The van der Waals surface area contributed by atoms with Gasteiger partial charge in [-0.1, -0.05) is 30.1 Å². The predicted octanol–water partition coefficient (Wildman–Crippen LogP) is 1.97. The molecule has 2 N–H and O–H groups in total. The van der Waals surface area contributed by atoms with Gasteiger partial charge in [0.25, 0.3) is 0 Å². The summed E-state index contributed by atoms with van der Waals surface area (Å²) in [5, 5.41) is 19.1. The van der Waals surface area contributed by atoms with E-state index in [4.69, 9.17) is 4.74 Å². The number of aliphatic hydroxyl groups is 2. The van der Waals surface area contributed by atoms with Crippen molar-refractivity contribution in [2.45, 2.75) is 51.7 Å². The Morgan fingerprint density at radius 3 is 2.77 bits per heavy atom. The number of aliphatic hydroxyl groups excluding tert-OH is 2. The molecule has 0 aliphatic carbocycles. The average Bonchev–Trinajstić information content (AvgIpc) is 2.48. The summed E-state index contributed by atoms with van der Waals surface area (Å²) in [6.07, 6.45) is 6.92. The van der Waals surface area contributed by atoms with Crippen LogP contribution in [0.5, 0.6) is 0 Å². The Labute approximate surface area is 132 Å². The fourth-order valence-corrected chi connectivity index (χ4v) is 1.46. The molecule has 0 aromatic carbocycles. The second kappa shape index (κ2) is 13.9. The quantitative estimate of drug-likeness (QED) is 0.409. The van der Waals surface area contributed by atoms with E-state index in [9.17, 15) is 15.0 Å². The maximum atomic E-state index is 11.1. The topological polar surface area (TPSA) is 66.8 Å². The molecule has 0 bridgehead atoms. The van der Waals surface area contributed by atoms with Crippen LogP contribution in [0.2, 0.25) is 0 Å². The van der Waals surface area contributed by atoms with Gasteiger partial charge in [-0.3, -0.25) is 4.79 Å². The van der Waals surface area contributed by atoms with Crippen molar-refractivity contribution < 1.29 is 19.7 Å². The van der Waals surface area contributed by atoms with Crippen LogP contribution in [0.3, 0.4) is 0 Å². The highest BCUT2D eigenvalue weighted by molar-refractivity contribution is 5.69. The van der Waals surface area contributed by atoms with Gasteiger partial charge in [0.15, 0.2) is 0 Å². The molecule has 4 nitrogen and oxygen atoms in total. The average molecular weight is 304 g/mol. The zero-order valence-electron chi connectivity index (χ0n) is 13.2. The summed E-state index contributed by atoms with van der Waals surface area (Å²) in [5.41, 5.74) is 0. The summed E-state index contributed by atoms with van der Waals surface area (Å²) in [4.78, 5) is 11.1. The number of esters is 1. The van der Waals surface area contributed by atoms with Crippen molar-refractivity contribution in [3.05, 3.63) is 24.3 Å². The summed E-state index contributed by atoms with van der Waals surface area (Å²) in [7, 11) is 0. The molecule has 22 heavy (non-hydrogen) atoms. The van der Waals surface area contributed by atoms with E-state index in [1.54, 1.807) is 38.2 Å². The number of carbonyl (C=O) groups excluding carboxylic acids is 1. The second-order valence-corrected chi connectivity index (χ2v) is 4.44. The molecule has 0 radical (unpaired) electrons. The van der Waals surface area contributed by atoms with Gasteiger partial charge >= 0.3 is 5.97 Å². The first kappa shape index (κ1) is 20.0. The number of hydrogen-bond donors (Lipinski definition) is 2. The van der Waals surface area contributed by atoms with Gasteiger partial charge in [0.2, 0.25) is 0 Å². The molecule has 0 aliphatic heterocycles. The normalized spacial score (nSPS) is 13.1. The van der Waals surface area contributed by atoms with Crippen LogP contribution >= 0.6 is 0 Å². The SMILES string of the molecule is CC#CCC(O)C=CC=CC#CC(O)CCCC(=O)OCC. The third kappa shape index (κ3) is 13.0. The summed E-state index contributed by atoms with van der Waals surface area (Å²) in [5.74, 6) is 10.6. The van der Waals surface area contributed by atoms with Gasteiger partial charge in [0.1, 0.15) is 6.10 Å². The Bertz CT molecular complexity index is 483. The molecule has 0 saturated heterocycles. The Hall–Kier alpha value is -2.01. The molecular formula is C18H24O4. The van der Waals surface area contributed by atoms with Crippen LogP contribution in [0.4, 0.5) is 0 Å². The number of carbonyl (C=O) groups is 1. The molecule has 2 unspecified atom stereocenters. The molecule has 0 aromatic rings. The highest BCUT2D eigenvalue weighted by Crippen LogP contribution is 2.01. The van der Waals surface area contributed by atoms with Gasteiger partial charge in [0, 0.05) is 12.8 Å². The van der Waals surface area contributed by atoms with Gasteiger partial charge in [-0.25, -0.2) is 0 Å². The molecule has 4 heteroatoms.